The lowest BCUT2D eigenvalue weighted by Crippen LogP contribution is -2.15. The summed E-state index contributed by atoms with van der Waals surface area (Å²) in [7, 11) is 0. The quantitative estimate of drug-likeness (QED) is 0.723. The number of anilines is 1. The van der Waals surface area contributed by atoms with Gasteiger partial charge in [-0.25, -0.2) is 4.98 Å². The standard InChI is InChI=1S/C20H18N2O2.ClH/c21-16-7-11-20(22-13-16)23-17-8-10-19-15(12-17)6-9-18(24-19)14-4-2-1-3-5-14;/h1-5,7-8,10-13,18H,6,9,21H2;1H. The zero-order valence-corrected chi connectivity index (χ0v) is 14.4. The van der Waals surface area contributed by atoms with Gasteiger partial charge in [0.1, 0.15) is 17.6 Å². The second-order valence-corrected chi connectivity index (χ2v) is 5.86. The maximum atomic E-state index is 6.15. The van der Waals surface area contributed by atoms with Crippen LogP contribution in [0.5, 0.6) is 17.4 Å². The third kappa shape index (κ3) is 3.86. The van der Waals surface area contributed by atoms with Crippen molar-refractivity contribution in [1.29, 1.82) is 0 Å². The predicted molar refractivity (Wildman–Crippen MR) is 101 cm³/mol. The van der Waals surface area contributed by atoms with E-state index in [1.807, 2.05) is 36.4 Å². The van der Waals surface area contributed by atoms with Crippen molar-refractivity contribution in [1.82, 2.24) is 4.98 Å². The van der Waals surface area contributed by atoms with Crippen molar-refractivity contribution < 1.29 is 9.47 Å². The molecule has 1 aromatic heterocycles. The van der Waals surface area contributed by atoms with Gasteiger partial charge in [0.25, 0.3) is 0 Å². The molecule has 0 spiro atoms. The van der Waals surface area contributed by atoms with Gasteiger partial charge in [-0.15, -0.1) is 12.4 Å². The van der Waals surface area contributed by atoms with E-state index in [0.717, 1.165) is 29.9 Å². The van der Waals surface area contributed by atoms with Gasteiger partial charge in [-0.1, -0.05) is 30.3 Å². The molecule has 4 nitrogen and oxygen atoms in total. The highest BCUT2D eigenvalue weighted by Gasteiger charge is 2.21. The van der Waals surface area contributed by atoms with Crippen LogP contribution in [-0.4, -0.2) is 4.98 Å². The Morgan fingerprint density at radius 2 is 1.88 bits per heavy atom. The van der Waals surface area contributed by atoms with Gasteiger partial charge < -0.3 is 15.2 Å². The number of halogens is 1. The lowest BCUT2D eigenvalue weighted by Gasteiger charge is -2.26. The molecule has 0 fully saturated rings. The number of hydrogen-bond acceptors (Lipinski definition) is 4. The summed E-state index contributed by atoms with van der Waals surface area (Å²) < 4.78 is 11.9. The van der Waals surface area contributed by atoms with E-state index in [1.54, 1.807) is 18.3 Å². The number of hydrogen-bond donors (Lipinski definition) is 1. The molecule has 1 aliphatic heterocycles. The number of nitrogen functional groups attached to an aromatic ring is 1. The molecule has 25 heavy (non-hydrogen) atoms. The SMILES string of the molecule is Cl.Nc1ccc(Oc2ccc3c(c2)CCC(c2ccccc2)O3)nc1. The number of pyridine rings is 1. The molecule has 1 aliphatic rings. The highest BCUT2D eigenvalue weighted by Crippen LogP contribution is 2.37. The number of ether oxygens (including phenoxy) is 2. The van der Waals surface area contributed by atoms with Gasteiger partial charge in [-0.05, 0) is 48.2 Å². The first-order chi connectivity index (χ1) is 11.8. The molecule has 0 saturated carbocycles. The number of nitrogens with zero attached hydrogens (tertiary/aromatic N) is 1. The molecule has 0 radical (unpaired) electrons. The van der Waals surface area contributed by atoms with E-state index in [4.69, 9.17) is 15.2 Å². The minimum absolute atomic E-state index is 0. The molecule has 128 valence electrons. The number of nitrogens with two attached hydrogens (primary N) is 1. The number of aryl methyl sites for hydroxylation is 1. The Balaban J connectivity index is 0.00000182. The van der Waals surface area contributed by atoms with Crippen molar-refractivity contribution in [3.63, 3.8) is 0 Å². The summed E-state index contributed by atoms with van der Waals surface area (Å²) in [5.41, 5.74) is 8.64. The summed E-state index contributed by atoms with van der Waals surface area (Å²) in [6, 6.07) is 19.8. The molecule has 2 heterocycles. The Hall–Kier alpha value is -2.72. The van der Waals surface area contributed by atoms with Crippen LogP contribution in [0, 0.1) is 0 Å². The third-order valence-corrected chi connectivity index (χ3v) is 4.13. The monoisotopic (exact) mass is 354 g/mol. The van der Waals surface area contributed by atoms with E-state index in [2.05, 4.69) is 17.1 Å². The topological polar surface area (TPSA) is 57.4 Å². The maximum absolute atomic E-state index is 6.15. The average Bonchev–Trinajstić information content (AvgIpc) is 2.64. The Labute approximate surface area is 153 Å². The van der Waals surface area contributed by atoms with E-state index in [0.29, 0.717) is 11.6 Å². The van der Waals surface area contributed by atoms with E-state index in [-0.39, 0.29) is 18.5 Å². The molecule has 2 N–H and O–H groups in total. The summed E-state index contributed by atoms with van der Waals surface area (Å²) in [5.74, 6) is 2.21. The third-order valence-electron chi connectivity index (χ3n) is 4.13. The van der Waals surface area contributed by atoms with Gasteiger partial charge in [0.15, 0.2) is 0 Å². The minimum atomic E-state index is 0. The average molecular weight is 355 g/mol. The van der Waals surface area contributed by atoms with Crippen LogP contribution in [0.25, 0.3) is 0 Å². The summed E-state index contributed by atoms with van der Waals surface area (Å²) in [6.07, 6.45) is 3.62. The zero-order chi connectivity index (χ0) is 16.4. The van der Waals surface area contributed by atoms with Crippen LogP contribution in [0.15, 0.2) is 66.9 Å². The first-order valence-electron chi connectivity index (χ1n) is 8.02. The second kappa shape index (κ2) is 7.45. The Bertz CT molecular complexity index is 838. The molecule has 5 heteroatoms. The summed E-state index contributed by atoms with van der Waals surface area (Å²) in [6.45, 7) is 0. The van der Waals surface area contributed by atoms with Crippen LogP contribution in [0.2, 0.25) is 0 Å². The second-order valence-electron chi connectivity index (χ2n) is 5.86. The number of rotatable bonds is 3. The van der Waals surface area contributed by atoms with Crippen molar-refractivity contribution in [3.05, 3.63) is 78.0 Å². The molecule has 1 atom stereocenters. The van der Waals surface area contributed by atoms with E-state index >= 15 is 0 Å². The molecule has 0 aliphatic carbocycles. The van der Waals surface area contributed by atoms with Crippen LogP contribution in [0.4, 0.5) is 5.69 Å². The Kier molecular flexibility index (Phi) is 5.10. The van der Waals surface area contributed by atoms with Crippen LogP contribution >= 0.6 is 12.4 Å². The number of fused-ring (bicyclic) bond motifs is 1. The van der Waals surface area contributed by atoms with Gasteiger partial charge in [-0.3, -0.25) is 0 Å². The van der Waals surface area contributed by atoms with Gasteiger partial charge in [0.2, 0.25) is 5.88 Å². The molecular formula is C20H19ClN2O2. The van der Waals surface area contributed by atoms with Crippen molar-refractivity contribution in [2.45, 2.75) is 18.9 Å². The number of benzene rings is 2. The molecule has 0 amide bonds. The lowest BCUT2D eigenvalue weighted by atomic mass is 9.97. The van der Waals surface area contributed by atoms with Gasteiger partial charge in [-0.2, -0.15) is 0 Å². The normalized spacial score (nSPS) is 15.4. The van der Waals surface area contributed by atoms with E-state index in [9.17, 15) is 0 Å². The van der Waals surface area contributed by atoms with Crippen molar-refractivity contribution in [2.24, 2.45) is 0 Å². The fraction of sp³-hybridized carbons (Fsp3) is 0.150. The zero-order valence-electron chi connectivity index (χ0n) is 13.6. The lowest BCUT2D eigenvalue weighted by molar-refractivity contribution is 0.176. The largest absolute Gasteiger partial charge is 0.485 e. The predicted octanol–water partition coefficient (Wildman–Crippen LogP) is 4.94. The molecule has 1 unspecified atom stereocenters. The molecule has 0 bridgehead atoms. The highest BCUT2D eigenvalue weighted by molar-refractivity contribution is 5.85. The first-order valence-corrected chi connectivity index (χ1v) is 8.02. The minimum Gasteiger partial charge on any atom is -0.485 e. The smallest absolute Gasteiger partial charge is 0.219 e. The summed E-state index contributed by atoms with van der Waals surface area (Å²) >= 11 is 0. The Morgan fingerprint density at radius 3 is 2.64 bits per heavy atom. The van der Waals surface area contributed by atoms with Crippen LogP contribution < -0.4 is 15.2 Å². The maximum Gasteiger partial charge on any atom is 0.219 e. The number of aromatic nitrogens is 1. The fourth-order valence-corrected chi connectivity index (χ4v) is 2.90. The van der Waals surface area contributed by atoms with Crippen LogP contribution in [0.1, 0.15) is 23.7 Å². The molecular weight excluding hydrogens is 336 g/mol. The fourth-order valence-electron chi connectivity index (χ4n) is 2.90. The van der Waals surface area contributed by atoms with E-state index in [1.165, 1.54) is 5.56 Å². The molecule has 2 aromatic carbocycles. The molecule has 4 rings (SSSR count). The summed E-state index contributed by atoms with van der Waals surface area (Å²) in [4.78, 5) is 4.16. The van der Waals surface area contributed by atoms with Gasteiger partial charge in [0.05, 0.1) is 11.9 Å². The highest BCUT2D eigenvalue weighted by atomic mass is 35.5. The van der Waals surface area contributed by atoms with Crippen LogP contribution in [0.3, 0.4) is 0 Å². The van der Waals surface area contributed by atoms with Crippen LogP contribution in [-0.2, 0) is 6.42 Å². The van der Waals surface area contributed by atoms with Gasteiger partial charge in [0, 0.05) is 6.07 Å². The van der Waals surface area contributed by atoms with Crippen molar-refractivity contribution in [2.75, 3.05) is 5.73 Å². The van der Waals surface area contributed by atoms with E-state index < -0.39 is 0 Å². The first kappa shape index (κ1) is 17.1. The van der Waals surface area contributed by atoms with Crippen molar-refractivity contribution in [3.8, 4) is 17.4 Å². The Morgan fingerprint density at radius 1 is 1.04 bits per heavy atom. The van der Waals surface area contributed by atoms with Gasteiger partial charge >= 0.3 is 0 Å². The molecule has 0 saturated heterocycles. The van der Waals surface area contributed by atoms with Crippen molar-refractivity contribution >= 4 is 18.1 Å². The molecule has 3 aromatic rings. The summed E-state index contributed by atoms with van der Waals surface area (Å²) in [5, 5.41) is 0.